The van der Waals surface area contributed by atoms with Crippen molar-refractivity contribution in [2.75, 3.05) is 32.7 Å². The van der Waals surface area contributed by atoms with E-state index in [1.54, 1.807) is 0 Å². The van der Waals surface area contributed by atoms with Crippen LogP contribution in [0.4, 0.5) is 0 Å². The number of hydrogen-bond acceptors (Lipinski definition) is 2. The molecule has 0 amide bonds. The standard InChI is InChI=1S/C15H20N2/c1-12-2-3-13-4-5-14(15(13)10-12)11-17-8-6-16-7-9-17/h2-3,5,10,16H,4,6-9,11H2,1H3. The van der Waals surface area contributed by atoms with Crippen molar-refractivity contribution < 1.29 is 0 Å². The summed E-state index contributed by atoms with van der Waals surface area (Å²) in [6.07, 6.45) is 3.53. The Morgan fingerprint density at radius 3 is 2.88 bits per heavy atom. The summed E-state index contributed by atoms with van der Waals surface area (Å²) in [4.78, 5) is 2.56. The number of allylic oxidation sites excluding steroid dienone is 1. The van der Waals surface area contributed by atoms with Gasteiger partial charge in [0.25, 0.3) is 0 Å². The molecule has 1 aromatic rings. The average molecular weight is 228 g/mol. The Kier molecular flexibility index (Phi) is 3.00. The lowest BCUT2D eigenvalue weighted by Gasteiger charge is -2.27. The number of nitrogens with zero attached hydrogens (tertiary/aromatic N) is 1. The van der Waals surface area contributed by atoms with Gasteiger partial charge in [-0.15, -0.1) is 0 Å². The zero-order valence-electron chi connectivity index (χ0n) is 10.5. The molecular formula is C15H20N2. The van der Waals surface area contributed by atoms with Crippen LogP contribution in [0.3, 0.4) is 0 Å². The van der Waals surface area contributed by atoms with E-state index >= 15 is 0 Å². The first-order chi connectivity index (χ1) is 8.33. The Hall–Kier alpha value is -1.12. The zero-order valence-corrected chi connectivity index (χ0v) is 10.5. The Bertz CT molecular complexity index is 442. The summed E-state index contributed by atoms with van der Waals surface area (Å²) in [6.45, 7) is 7.93. The van der Waals surface area contributed by atoms with Crippen LogP contribution < -0.4 is 5.32 Å². The summed E-state index contributed by atoms with van der Waals surface area (Å²) in [5, 5.41) is 3.41. The van der Waals surface area contributed by atoms with Gasteiger partial charge in [-0.05, 0) is 30.0 Å². The number of piperazine rings is 1. The highest BCUT2D eigenvalue weighted by molar-refractivity contribution is 5.74. The molecule has 1 aliphatic heterocycles. The molecule has 0 radical (unpaired) electrons. The van der Waals surface area contributed by atoms with Crippen LogP contribution in [0.2, 0.25) is 0 Å². The van der Waals surface area contributed by atoms with E-state index in [0.717, 1.165) is 26.1 Å². The van der Waals surface area contributed by atoms with Gasteiger partial charge in [0.05, 0.1) is 0 Å². The zero-order chi connectivity index (χ0) is 11.7. The van der Waals surface area contributed by atoms with Crippen LogP contribution in [-0.4, -0.2) is 37.6 Å². The van der Waals surface area contributed by atoms with Crippen molar-refractivity contribution in [3.05, 3.63) is 41.0 Å². The summed E-state index contributed by atoms with van der Waals surface area (Å²) < 4.78 is 0. The van der Waals surface area contributed by atoms with Crippen LogP contribution >= 0.6 is 0 Å². The summed E-state index contributed by atoms with van der Waals surface area (Å²) in [6, 6.07) is 6.85. The van der Waals surface area contributed by atoms with Crippen LogP contribution in [0.1, 0.15) is 16.7 Å². The van der Waals surface area contributed by atoms with Gasteiger partial charge in [0, 0.05) is 32.7 Å². The lowest BCUT2D eigenvalue weighted by atomic mass is 10.0. The van der Waals surface area contributed by atoms with Crippen molar-refractivity contribution in [2.24, 2.45) is 0 Å². The van der Waals surface area contributed by atoms with Gasteiger partial charge in [0.2, 0.25) is 0 Å². The van der Waals surface area contributed by atoms with Crippen molar-refractivity contribution >= 4 is 5.57 Å². The van der Waals surface area contributed by atoms with E-state index in [1.807, 2.05) is 0 Å². The minimum atomic E-state index is 1.12. The Morgan fingerprint density at radius 2 is 2.06 bits per heavy atom. The molecule has 90 valence electrons. The molecule has 1 fully saturated rings. The third kappa shape index (κ3) is 2.28. The van der Waals surface area contributed by atoms with Gasteiger partial charge in [-0.25, -0.2) is 0 Å². The first-order valence-corrected chi connectivity index (χ1v) is 6.55. The molecule has 0 unspecified atom stereocenters. The van der Waals surface area contributed by atoms with Crippen molar-refractivity contribution in [1.29, 1.82) is 0 Å². The molecule has 3 rings (SSSR count). The van der Waals surface area contributed by atoms with Gasteiger partial charge in [0.1, 0.15) is 0 Å². The maximum Gasteiger partial charge on any atom is 0.0237 e. The average Bonchev–Trinajstić information content (AvgIpc) is 2.73. The summed E-state index contributed by atoms with van der Waals surface area (Å²) in [5.41, 5.74) is 5.90. The van der Waals surface area contributed by atoms with E-state index < -0.39 is 0 Å². The molecule has 2 heteroatoms. The maximum absolute atomic E-state index is 3.41. The van der Waals surface area contributed by atoms with Crippen LogP contribution in [0.5, 0.6) is 0 Å². The molecule has 1 saturated heterocycles. The van der Waals surface area contributed by atoms with E-state index in [-0.39, 0.29) is 0 Å². The molecule has 0 bridgehead atoms. The highest BCUT2D eigenvalue weighted by Gasteiger charge is 2.17. The fraction of sp³-hybridized carbons (Fsp3) is 0.467. The maximum atomic E-state index is 3.41. The van der Waals surface area contributed by atoms with Gasteiger partial charge in [0.15, 0.2) is 0 Å². The second-order valence-electron chi connectivity index (χ2n) is 5.12. The normalized spacial score (nSPS) is 20.2. The molecule has 0 saturated carbocycles. The first-order valence-electron chi connectivity index (χ1n) is 6.55. The van der Waals surface area contributed by atoms with Gasteiger partial charge < -0.3 is 5.32 Å². The van der Waals surface area contributed by atoms with E-state index in [9.17, 15) is 0 Å². The molecule has 1 aliphatic carbocycles. The number of nitrogens with one attached hydrogen (secondary N) is 1. The monoisotopic (exact) mass is 228 g/mol. The third-order valence-electron chi connectivity index (χ3n) is 3.78. The van der Waals surface area contributed by atoms with Crippen LogP contribution in [0.25, 0.3) is 5.57 Å². The second-order valence-corrected chi connectivity index (χ2v) is 5.12. The largest absolute Gasteiger partial charge is 0.314 e. The molecule has 1 N–H and O–H groups in total. The number of aryl methyl sites for hydroxylation is 1. The molecular weight excluding hydrogens is 208 g/mol. The van der Waals surface area contributed by atoms with E-state index in [4.69, 9.17) is 0 Å². The molecule has 0 aromatic heterocycles. The number of hydrogen-bond donors (Lipinski definition) is 1. The van der Waals surface area contributed by atoms with Crippen LogP contribution in [-0.2, 0) is 6.42 Å². The van der Waals surface area contributed by atoms with E-state index in [1.165, 1.54) is 35.4 Å². The minimum Gasteiger partial charge on any atom is -0.314 e. The SMILES string of the molecule is Cc1ccc2c(c1)C(CN1CCNCC1)=CC2. The number of benzene rings is 1. The lowest BCUT2D eigenvalue weighted by Crippen LogP contribution is -2.43. The van der Waals surface area contributed by atoms with Crippen molar-refractivity contribution in [3.63, 3.8) is 0 Å². The van der Waals surface area contributed by atoms with Gasteiger partial charge in [-0.1, -0.05) is 29.8 Å². The Balaban J connectivity index is 1.76. The predicted molar refractivity (Wildman–Crippen MR) is 72.2 cm³/mol. The predicted octanol–water partition coefficient (Wildman–Crippen LogP) is 1.84. The first kappa shape index (κ1) is 11.0. The number of rotatable bonds is 2. The molecule has 0 atom stereocenters. The Labute approximate surface area is 103 Å². The van der Waals surface area contributed by atoms with Gasteiger partial charge in [-0.3, -0.25) is 4.90 Å². The Morgan fingerprint density at radius 1 is 1.24 bits per heavy atom. The minimum absolute atomic E-state index is 1.12. The summed E-state index contributed by atoms with van der Waals surface area (Å²) in [5.74, 6) is 0. The van der Waals surface area contributed by atoms with E-state index in [2.05, 4.69) is 41.4 Å². The molecule has 0 spiro atoms. The van der Waals surface area contributed by atoms with Crippen molar-refractivity contribution in [3.8, 4) is 0 Å². The molecule has 2 aliphatic rings. The highest BCUT2D eigenvalue weighted by Crippen LogP contribution is 2.28. The van der Waals surface area contributed by atoms with Crippen molar-refractivity contribution in [1.82, 2.24) is 10.2 Å². The van der Waals surface area contributed by atoms with Crippen LogP contribution in [0, 0.1) is 6.92 Å². The molecule has 2 nitrogen and oxygen atoms in total. The fourth-order valence-corrected chi connectivity index (χ4v) is 2.77. The summed E-state index contributed by atoms with van der Waals surface area (Å²) >= 11 is 0. The topological polar surface area (TPSA) is 15.3 Å². The third-order valence-corrected chi connectivity index (χ3v) is 3.78. The van der Waals surface area contributed by atoms with Gasteiger partial charge in [-0.2, -0.15) is 0 Å². The lowest BCUT2D eigenvalue weighted by molar-refractivity contribution is 0.268. The molecule has 1 aromatic carbocycles. The quantitative estimate of drug-likeness (QED) is 0.831. The number of fused-ring (bicyclic) bond motifs is 1. The van der Waals surface area contributed by atoms with Gasteiger partial charge >= 0.3 is 0 Å². The smallest absolute Gasteiger partial charge is 0.0237 e. The molecule has 1 heterocycles. The van der Waals surface area contributed by atoms with E-state index in [0.29, 0.717) is 0 Å². The summed E-state index contributed by atoms with van der Waals surface area (Å²) in [7, 11) is 0. The molecule has 17 heavy (non-hydrogen) atoms. The second kappa shape index (κ2) is 4.63. The van der Waals surface area contributed by atoms with Crippen LogP contribution in [0.15, 0.2) is 24.3 Å². The highest BCUT2D eigenvalue weighted by atomic mass is 15.2. The fourth-order valence-electron chi connectivity index (χ4n) is 2.77. The van der Waals surface area contributed by atoms with Crippen molar-refractivity contribution in [2.45, 2.75) is 13.3 Å².